The van der Waals surface area contributed by atoms with Crippen LogP contribution in [0.3, 0.4) is 0 Å². The predicted octanol–water partition coefficient (Wildman–Crippen LogP) is 1.65. The van der Waals surface area contributed by atoms with Crippen LogP contribution in [0.25, 0.3) is 0 Å². The molecule has 2 fully saturated rings. The molecule has 0 saturated carbocycles. The van der Waals surface area contributed by atoms with Crippen LogP contribution in [0.5, 0.6) is 0 Å². The summed E-state index contributed by atoms with van der Waals surface area (Å²) in [5.74, 6) is -1.26. The van der Waals surface area contributed by atoms with Gasteiger partial charge in [0.2, 0.25) is 11.8 Å². The molecule has 0 spiro atoms. The molecule has 0 atom stereocenters. The summed E-state index contributed by atoms with van der Waals surface area (Å²) < 4.78 is 21.4. The molecule has 0 bridgehead atoms. The second-order valence-electron chi connectivity index (χ2n) is 13.4. The van der Waals surface area contributed by atoms with Crippen molar-refractivity contribution in [1.82, 2.24) is 20.2 Å². The number of hydrogen-bond acceptors (Lipinski definition) is 12. The lowest BCUT2D eigenvalue weighted by Gasteiger charge is -2.38. The number of nitrogens with one attached hydrogen (secondary N) is 1. The molecule has 0 aliphatic carbocycles. The largest absolute Gasteiger partial charge is 0.378 e. The fourth-order valence-corrected chi connectivity index (χ4v) is 5.63. The third-order valence-electron chi connectivity index (χ3n) is 7.29. The minimum absolute atomic E-state index is 0.0545. The Morgan fingerprint density at radius 1 is 0.745 bits per heavy atom. The molecular weight excluding hydrogens is 632 g/mol. The molecule has 4 amide bonds. The van der Waals surface area contributed by atoms with Crippen molar-refractivity contribution in [3.63, 3.8) is 0 Å². The Bertz CT molecular complexity index is 983. The van der Waals surface area contributed by atoms with Gasteiger partial charge in [0.05, 0.1) is 65.0 Å². The Morgan fingerprint density at radius 3 is 1.83 bits per heavy atom. The lowest BCUT2D eigenvalue weighted by atomic mass is 9.96. The highest BCUT2D eigenvalue weighted by atomic mass is 32.2. The zero-order chi connectivity index (χ0) is 34.7. The number of carbonyl (C=O) groups is 5. The lowest BCUT2D eigenvalue weighted by molar-refractivity contribution is -0.198. The average molecular weight is 689 g/mol. The maximum absolute atomic E-state index is 12.8. The van der Waals surface area contributed by atoms with Gasteiger partial charge >= 0.3 is 5.97 Å². The van der Waals surface area contributed by atoms with E-state index in [9.17, 15) is 24.0 Å². The summed E-state index contributed by atoms with van der Waals surface area (Å²) in [4.78, 5) is 68.7. The van der Waals surface area contributed by atoms with E-state index in [0.717, 1.165) is 39.1 Å². The number of thioether (sulfide) groups is 1. The fourth-order valence-electron chi connectivity index (χ4n) is 4.76. The van der Waals surface area contributed by atoms with Crippen LogP contribution in [0.15, 0.2) is 0 Å². The first-order valence-corrected chi connectivity index (χ1v) is 17.5. The van der Waals surface area contributed by atoms with E-state index >= 15 is 0 Å². The van der Waals surface area contributed by atoms with E-state index in [1.807, 2.05) is 4.90 Å². The van der Waals surface area contributed by atoms with Gasteiger partial charge < -0.3 is 34.0 Å². The fraction of sp³-hybridized carbons (Fsp3) is 0.844. The van der Waals surface area contributed by atoms with E-state index in [-0.39, 0.29) is 54.5 Å². The zero-order valence-electron chi connectivity index (χ0n) is 29.0. The summed E-state index contributed by atoms with van der Waals surface area (Å²) in [6.45, 7) is 18.3. The molecule has 2 saturated heterocycles. The van der Waals surface area contributed by atoms with Crippen molar-refractivity contribution in [2.24, 2.45) is 5.41 Å². The molecule has 2 aliphatic heterocycles. The van der Waals surface area contributed by atoms with Crippen molar-refractivity contribution in [2.75, 3.05) is 97.9 Å². The van der Waals surface area contributed by atoms with Gasteiger partial charge in [0, 0.05) is 63.3 Å². The van der Waals surface area contributed by atoms with Crippen LogP contribution in [0.4, 0.5) is 0 Å². The number of rotatable bonds is 23. The van der Waals surface area contributed by atoms with Crippen LogP contribution >= 0.6 is 11.8 Å². The molecule has 47 heavy (non-hydrogen) atoms. The monoisotopic (exact) mass is 688 g/mol. The Hall–Kier alpha value is -2.30. The first kappa shape index (κ1) is 40.9. The topological polar surface area (TPSA) is 153 Å². The minimum atomic E-state index is -0.705. The first-order chi connectivity index (χ1) is 22.3. The third kappa shape index (κ3) is 18.7. The van der Waals surface area contributed by atoms with Gasteiger partial charge in [-0.3, -0.25) is 24.1 Å². The highest BCUT2D eigenvalue weighted by molar-refractivity contribution is 8.01. The molecule has 270 valence electrons. The summed E-state index contributed by atoms with van der Waals surface area (Å²) in [5, 5.41) is 3.38. The van der Waals surface area contributed by atoms with Crippen LogP contribution in [0, 0.1) is 5.41 Å². The summed E-state index contributed by atoms with van der Waals surface area (Å²) in [6, 6.07) is 0. The Kier molecular flexibility index (Phi) is 18.8. The minimum Gasteiger partial charge on any atom is -0.378 e. The maximum atomic E-state index is 12.8. The van der Waals surface area contributed by atoms with Crippen molar-refractivity contribution in [3.05, 3.63) is 0 Å². The third-order valence-corrected chi connectivity index (χ3v) is 8.68. The van der Waals surface area contributed by atoms with Crippen LogP contribution in [-0.4, -0.2) is 147 Å². The standard InChI is InChI=1S/C32H56N4O10S/c1-31(2,3)25-34-12-14-35(15-13-34)27(38)8-10-32(4,5)47-24-26(37)33-11-17-43-19-21-45-23-22-44-20-18-42-16-9-30(41)46-36-28(39)6-7-29(36)40/h6-25H2,1-5H3,(H,33,37). The molecule has 0 aromatic rings. The first-order valence-electron chi connectivity index (χ1n) is 16.5. The van der Waals surface area contributed by atoms with E-state index in [4.69, 9.17) is 23.8 Å². The number of nitrogens with zero attached hydrogens (tertiary/aromatic N) is 3. The van der Waals surface area contributed by atoms with Crippen LogP contribution < -0.4 is 5.32 Å². The van der Waals surface area contributed by atoms with E-state index < -0.39 is 17.8 Å². The number of amides is 4. The van der Waals surface area contributed by atoms with Gasteiger partial charge in [0.25, 0.3) is 11.8 Å². The summed E-state index contributed by atoms with van der Waals surface area (Å²) >= 11 is 1.56. The average Bonchev–Trinajstić information content (AvgIpc) is 3.32. The SMILES string of the molecule is CC(C)(C)CN1CCN(C(=O)CCC(C)(C)SCC(=O)NCCOCCOCCOCCOCCC(=O)ON2C(=O)CCC2=O)CC1. The quantitative estimate of drug-likeness (QED) is 0.123. The van der Waals surface area contributed by atoms with Gasteiger partial charge in [0.1, 0.15) is 0 Å². The normalized spacial score (nSPS) is 16.2. The number of imide groups is 1. The maximum Gasteiger partial charge on any atom is 0.335 e. The van der Waals surface area contributed by atoms with Gasteiger partial charge in [0.15, 0.2) is 0 Å². The van der Waals surface area contributed by atoms with Gasteiger partial charge in [-0.1, -0.05) is 34.6 Å². The van der Waals surface area contributed by atoms with Crippen molar-refractivity contribution in [3.8, 4) is 0 Å². The van der Waals surface area contributed by atoms with Crippen molar-refractivity contribution >= 4 is 41.4 Å². The number of hydrogen-bond donors (Lipinski definition) is 1. The number of piperazine rings is 1. The van der Waals surface area contributed by atoms with E-state index in [1.54, 1.807) is 11.8 Å². The van der Waals surface area contributed by atoms with Crippen molar-refractivity contribution < 1.29 is 47.8 Å². The molecule has 2 heterocycles. The van der Waals surface area contributed by atoms with Gasteiger partial charge in [-0.2, -0.15) is 0 Å². The summed E-state index contributed by atoms with van der Waals surface area (Å²) in [7, 11) is 0. The molecule has 15 heteroatoms. The second kappa shape index (κ2) is 21.6. The predicted molar refractivity (Wildman–Crippen MR) is 176 cm³/mol. The smallest absolute Gasteiger partial charge is 0.335 e. The van der Waals surface area contributed by atoms with Crippen molar-refractivity contribution in [1.29, 1.82) is 0 Å². The number of carbonyl (C=O) groups excluding carboxylic acids is 5. The molecule has 0 radical (unpaired) electrons. The molecule has 0 aromatic heterocycles. The Morgan fingerprint density at radius 2 is 1.28 bits per heavy atom. The van der Waals surface area contributed by atoms with E-state index in [0.29, 0.717) is 63.4 Å². The van der Waals surface area contributed by atoms with Crippen LogP contribution in [0.1, 0.15) is 66.7 Å². The Labute approximate surface area is 283 Å². The highest BCUT2D eigenvalue weighted by Crippen LogP contribution is 2.29. The van der Waals surface area contributed by atoms with Crippen LogP contribution in [-0.2, 0) is 47.8 Å². The molecule has 2 aliphatic rings. The number of hydroxylamine groups is 2. The molecular formula is C32H56N4O10S. The van der Waals surface area contributed by atoms with E-state index in [1.165, 1.54) is 0 Å². The van der Waals surface area contributed by atoms with Gasteiger partial charge in [-0.05, 0) is 11.8 Å². The molecule has 14 nitrogen and oxygen atoms in total. The number of ether oxygens (including phenoxy) is 4. The van der Waals surface area contributed by atoms with E-state index in [2.05, 4.69) is 44.8 Å². The zero-order valence-corrected chi connectivity index (χ0v) is 29.8. The highest BCUT2D eigenvalue weighted by Gasteiger charge is 2.32. The molecule has 0 unspecified atom stereocenters. The summed E-state index contributed by atoms with van der Waals surface area (Å²) in [6.07, 6.45) is 1.24. The van der Waals surface area contributed by atoms with Crippen LogP contribution in [0.2, 0.25) is 0 Å². The molecule has 0 aromatic carbocycles. The van der Waals surface area contributed by atoms with Gasteiger partial charge in [-0.25, -0.2) is 4.79 Å². The molecule has 1 N–H and O–H groups in total. The lowest BCUT2D eigenvalue weighted by Crippen LogP contribution is -2.50. The molecule has 2 rings (SSSR count). The Balaban J connectivity index is 1.35. The summed E-state index contributed by atoms with van der Waals surface area (Å²) in [5.41, 5.74) is 0.258. The van der Waals surface area contributed by atoms with Crippen molar-refractivity contribution in [2.45, 2.75) is 71.5 Å². The second-order valence-corrected chi connectivity index (χ2v) is 15.0. The van der Waals surface area contributed by atoms with Gasteiger partial charge in [-0.15, -0.1) is 16.8 Å².